The van der Waals surface area contributed by atoms with Gasteiger partial charge in [0.1, 0.15) is 0 Å². The molecule has 1 aromatic heterocycles. The Kier molecular flexibility index (Phi) is 4.56. The van der Waals surface area contributed by atoms with Crippen LogP contribution in [0.15, 0.2) is 120 Å². The van der Waals surface area contributed by atoms with Crippen LogP contribution in [0.3, 0.4) is 0 Å². The number of thioether (sulfide) groups is 1. The van der Waals surface area contributed by atoms with Gasteiger partial charge in [-0.25, -0.2) is 0 Å². The van der Waals surface area contributed by atoms with E-state index in [0.29, 0.717) is 0 Å². The Morgan fingerprint density at radius 1 is 0.667 bits per heavy atom. The normalized spacial score (nSPS) is 14.4. The van der Waals surface area contributed by atoms with Crippen LogP contribution in [0, 0.1) is 0 Å². The molecule has 4 aromatic carbocycles. The fourth-order valence-corrected chi connectivity index (χ4v) is 5.92. The second-order valence-corrected chi connectivity index (χ2v) is 9.65. The maximum atomic E-state index is 6.30. The highest BCUT2D eigenvalue weighted by atomic mass is 32.2. The van der Waals surface area contributed by atoms with Crippen LogP contribution in [0.5, 0.6) is 0 Å². The predicted octanol–water partition coefficient (Wildman–Crippen LogP) is 7.06. The number of aromatic nitrogens is 1. The molecule has 3 nitrogen and oxygen atoms in total. The first kappa shape index (κ1) is 19.8. The predicted molar refractivity (Wildman–Crippen MR) is 142 cm³/mol. The van der Waals surface area contributed by atoms with Crippen LogP contribution in [0.4, 0.5) is 11.4 Å². The fourth-order valence-electron chi connectivity index (χ4n) is 4.68. The average Bonchev–Trinajstić information content (AvgIpc) is 3.44. The maximum absolute atomic E-state index is 6.30. The van der Waals surface area contributed by atoms with E-state index in [9.17, 15) is 0 Å². The summed E-state index contributed by atoms with van der Waals surface area (Å²) in [7, 11) is 0. The zero-order valence-electron chi connectivity index (χ0n) is 18.0. The molecule has 0 unspecified atom stereocenters. The summed E-state index contributed by atoms with van der Waals surface area (Å²) in [6.45, 7) is 0. The van der Waals surface area contributed by atoms with E-state index in [1.165, 1.54) is 21.9 Å². The number of hydrogen-bond acceptors (Lipinski definition) is 3. The summed E-state index contributed by atoms with van der Waals surface area (Å²) in [5, 5.41) is 2.42. The van der Waals surface area contributed by atoms with Gasteiger partial charge in [-0.1, -0.05) is 72.8 Å². The molecule has 4 heteroatoms. The minimum absolute atomic E-state index is 0.316. The molecular formula is C29H23N3S. The van der Waals surface area contributed by atoms with Crippen molar-refractivity contribution in [3.8, 4) is 5.69 Å². The van der Waals surface area contributed by atoms with Crippen molar-refractivity contribution in [3.63, 3.8) is 0 Å². The van der Waals surface area contributed by atoms with Gasteiger partial charge in [0.15, 0.2) is 0 Å². The number of para-hydroxylation sites is 2. The van der Waals surface area contributed by atoms with E-state index in [4.69, 9.17) is 11.5 Å². The second-order valence-electron chi connectivity index (χ2n) is 8.33. The standard InChI is InChI=1S/C29H23N3S/c30-21-14-15-24-23-10-1-3-12-26(23)32(27(24)19-21)22-9-7-8-20(18-22)29(16-5-6-17-29)33-28-13-4-2-11-25(28)31/h1-19H,30-31H2. The first-order valence-corrected chi connectivity index (χ1v) is 11.8. The second kappa shape index (κ2) is 7.61. The lowest BCUT2D eigenvalue weighted by molar-refractivity contribution is 0.997. The molecule has 1 aliphatic rings. The minimum Gasteiger partial charge on any atom is -0.399 e. The van der Waals surface area contributed by atoms with Gasteiger partial charge in [0.2, 0.25) is 0 Å². The van der Waals surface area contributed by atoms with E-state index in [1.807, 2.05) is 24.3 Å². The van der Waals surface area contributed by atoms with Crippen molar-refractivity contribution in [2.24, 2.45) is 0 Å². The van der Waals surface area contributed by atoms with Crippen LogP contribution >= 0.6 is 11.8 Å². The van der Waals surface area contributed by atoms with E-state index in [2.05, 4.69) is 95.6 Å². The number of nitrogens with two attached hydrogens (primary N) is 2. The number of fused-ring (bicyclic) bond motifs is 3. The number of nitrogens with zero attached hydrogens (tertiary/aromatic N) is 1. The molecule has 0 saturated heterocycles. The molecule has 0 saturated carbocycles. The third-order valence-corrected chi connectivity index (χ3v) is 7.69. The van der Waals surface area contributed by atoms with Crippen molar-refractivity contribution in [2.75, 3.05) is 11.5 Å². The highest BCUT2D eigenvalue weighted by Gasteiger charge is 2.31. The van der Waals surface area contributed by atoms with Crippen molar-refractivity contribution in [2.45, 2.75) is 9.64 Å². The van der Waals surface area contributed by atoms with Crippen molar-refractivity contribution in [1.82, 2.24) is 4.57 Å². The molecule has 4 N–H and O–H groups in total. The number of nitrogen functional groups attached to an aromatic ring is 2. The lowest BCUT2D eigenvalue weighted by atomic mass is 9.99. The molecule has 0 spiro atoms. The zero-order chi connectivity index (χ0) is 22.4. The van der Waals surface area contributed by atoms with Gasteiger partial charge in [-0.3, -0.25) is 0 Å². The third-order valence-electron chi connectivity index (χ3n) is 6.25. The van der Waals surface area contributed by atoms with E-state index < -0.39 is 0 Å². The van der Waals surface area contributed by atoms with Crippen molar-refractivity contribution in [1.29, 1.82) is 0 Å². The lowest BCUT2D eigenvalue weighted by Gasteiger charge is -2.27. The maximum Gasteiger partial charge on any atom is 0.0823 e. The molecule has 160 valence electrons. The van der Waals surface area contributed by atoms with Gasteiger partial charge >= 0.3 is 0 Å². The summed E-state index contributed by atoms with van der Waals surface area (Å²) in [6.07, 6.45) is 8.71. The van der Waals surface area contributed by atoms with Crippen LogP contribution in [-0.4, -0.2) is 4.57 Å². The van der Waals surface area contributed by atoms with Gasteiger partial charge in [-0.15, -0.1) is 11.8 Å². The molecule has 0 aliphatic heterocycles. The van der Waals surface area contributed by atoms with Crippen molar-refractivity contribution < 1.29 is 0 Å². The summed E-state index contributed by atoms with van der Waals surface area (Å²) in [5.41, 5.74) is 18.6. The molecule has 0 fully saturated rings. The first-order chi connectivity index (χ1) is 16.1. The minimum atomic E-state index is -0.316. The molecule has 0 amide bonds. The quantitative estimate of drug-likeness (QED) is 0.291. The smallest absolute Gasteiger partial charge is 0.0823 e. The van der Waals surface area contributed by atoms with Gasteiger partial charge in [0.25, 0.3) is 0 Å². The molecule has 1 aliphatic carbocycles. The SMILES string of the molecule is Nc1ccc2c3ccccc3n(-c3cccc(C4(Sc5ccccc5N)C=CC=C4)c3)c2c1. The number of allylic oxidation sites excluding steroid dienone is 2. The van der Waals surface area contributed by atoms with Crippen LogP contribution in [-0.2, 0) is 4.75 Å². The van der Waals surface area contributed by atoms with Crippen LogP contribution in [0.2, 0.25) is 0 Å². The van der Waals surface area contributed by atoms with Gasteiger partial charge in [0, 0.05) is 32.7 Å². The van der Waals surface area contributed by atoms with E-state index in [-0.39, 0.29) is 4.75 Å². The van der Waals surface area contributed by atoms with Gasteiger partial charge in [-0.2, -0.15) is 0 Å². The Balaban J connectivity index is 1.55. The Morgan fingerprint density at radius 2 is 1.42 bits per heavy atom. The molecule has 0 atom stereocenters. The summed E-state index contributed by atoms with van der Waals surface area (Å²) in [5.74, 6) is 0. The summed E-state index contributed by atoms with van der Waals surface area (Å²) in [4.78, 5) is 1.07. The van der Waals surface area contributed by atoms with Crippen LogP contribution < -0.4 is 11.5 Å². The first-order valence-electron chi connectivity index (χ1n) is 10.9. The molecule has 6 rings (SSSR count). The Hall–Kier alpha value is -3.89. The topological polar surface area (TPSA) is 57.0 Å². The fraction of sp³-hybridized carbons (Fsp3) is 0.0345. The van der Waals surface area contributed by atoms with Crippen molar-refractivity contribution >= 4 is 44.9 Å². The van der Waals surface area contributed by atoms with E-state index in [1.54, 1.807) is 11.8 Å². The Morgan fingerprint density at radius 3 is 2.27 bits per heavy atom. The van der Waals surface area contributed by atoms with Gasteiger partial charge < -0.3 is 16.0 Å². The largest absolute Gasteiger partial charge is 0.399 e. The summed E-state index contributed by atoms with van der Waals surface area (Å²) in [6, 6.07) is 31.5. The Bertz CT molecular complexity index is 1560. The molecule has 5 aromatic rings. The number of benzene rings is 4. The van der Waals surface area contributed by atoms with E-state index >= 15 is 0 Å². The average molecular weight is 446 g/mol. The molecule has 1 heterocycles. The molecule has 0 bridgehead atoms. The van der Waals surface area contributed by atoms with Gasteiger partial charge in [0.05, 0.1) is 15.8 Å². The van der Waals surface area contributed by atoms with Crippen LogP contribution in [0.1, 0.15) is 5.56 Å². The highest BCUT2D eigenvalue weighted by Crippen LogP contribution is 2.48. The third kappa shape index (κ3) is 3.22. The van der Waals surface area contributed by atoms with Gasteiger partial charge in [-0.05, 0) is 48.0 Å². The number of anilines is 2. The molecule has 33 heavy (non-hydrogen) atoms. The highest BCUT2D eigenvalue weighted by molar-refractivity contribution is 8.00. The summed E-state index contributed by atoms with van der Waals surface area (Å²) < 4.78 is 1.99. The van der Waals surface area contributed by atoms with Crippen LogP contribution in [0.25, 0.3) is 27.5 Å². The monoisotopic (exact) mass is 445 g/mol. The summed E-state index contributed by atoms with van der Waals surface area (Å²) >= 11 is 1.77. The molecule has 0 radical (unpaired) electrons. The zero-order valence-corrected chi connectivity index (χ0v) is 18.8. The molecular weight excluding hydrogens is 422 g/mol. The Labute approximate surface area is 197 Å². The van der Waals surface area contributed by atoms with Crippen molar-refractivity contribution in [3.05, 3.63) is 121 Å². The number of rotatable bonds is 4. The lowest BCUT2D eigenvalue weighted by Crippen LogP contribution is -2.15. The van der Waals surface area contributed by atoms with E-state index in [0.717, 1.165) is 27.5 Å². The number of hydrogen-bond donors (Lipinski definition) is 2.